The van der Waals surface area contributed by atoms with Crippen LogP contribution in [0.1, 0.15) is 116 Å². The summed E-state index contributed by atoms with van der Waals surface area (Å²) in [5.74, 6) is 2.35. The van der Waals surface area contributed by atoms with E-state index in [1.54, 1.807) is 163 Å². The van der Waals surface area contributed by atoms with E-state index >= 15 is 0 Å². The van der Waals surface area contributed by atoms with Crippen LogP contribution in [0.4, 0.5) is 0 Å². The first-order valence-electron chi connectivity index (χ1n) is 32.7. The van der Waals surface area contributed by atoms with Crippen molar-refractivity contribution in [1.29, 1.82) is 0 Å². The van der Waals surface area contributed by atoms with Crippen LogP contribution in [-0.4, -0.2) is 129 Å². The third kappa shape index (κ3) is 47.7. The fourth-order valence-electron chi connectivity index (χ4n) is 7.84. The van der Waals surface area contributed by atoms with Gasteiger partial charge in [0.05, 0.1) is 68.5 Å². The largest absolute Gasteiger partial charge is 0.508 e. The summed E-state index contributed by atoms with van der Waals surface area (Å²) in [5.41, 5.74) is 4.36. The summed E-state index contributed by atoms with van der Waals surface area (Å²) in [4.78, 5) is 108. The zero-order valence-electron chi connectivity index (χ0n) is 58.9. The molecule has 0 unspecified atom stereocenters. The Bertz CT molecular complexity index is 4200. The number of rotatable bonds is 37. The van der Waals surface area contributed by atoms with E-state index < -0.39 is 26.3 Å². The Hall–Kier alpha value is -8.99. The number of carbonyl (C=O) groups excluding carboxylic acids is 5. The SMILES string of the molecule is BrCCCCBr.O=C(Oc1ccc(-c2cc(=S)ss2)cc1)c1ccccc1OCCCCO[N+](=O)[O-].O=Cc1ccccc1O.O=Cc1ccccc1OCCCCBr.O=Cc1ccccc1OCCCCO[N+](=O)[O-].O=Cc1ccccc1OCCCCO[N+](=O)[O-].O=[N+]([O-])O.Oc1ccc(-c2cc(=S)ss2)cc1.[Ag]. The Kier molecular flexibility index (Phi) is 57.3. The molecule has 0 aliphatic heterocycles. The second-order valence-electron chi connectivity index (χ2n) is 21.0. The molecule has 0 amide bonds. The molecule has 0 saturated heterocycles. The number of para-hydroxylation sites is 5. The van der Waals surface area contributed by atoms with Crippen molar-refractivity contribution in [2.45, 2.75) is 64.2 Å². The third-order valence-electron chi connectivity index (χ3n) is 13.0. The van der Waals surface area contributed by atoms with Gasteiger partial charge in [-0.3, -0.25) is 19.2 Å². The number of phenolic OH excluding ortho intramolecular Hbond substituents is 2. The molecule has 2 heterocycles. The molecule has 38 heteroatoms. The van der Waals surface area contributed by atoms with Gasteiger partial charge in [0.1, 0.15) is 53.5 Å². The van der Waals surface area contributed by atoms with Crippen molar-refractivity contribution in [1.82, 2.24) is 0 Å². The number of hydrogen-bond donors (Lipinski definition) is 3. The molecule has 0 aliphatic rings. The number of alkyl halides is 3. The number of unbranched alkanes of at least 4 members (excludes halogenated alkanes) is 5. The van der Waals surface area contributed by atoms with E-state index in [1.165, 1.54) is 18.9 Å². The van der Waals surface area contributed by atoms with Gasteiger partial charge in [-0.05, 0) is 197 Å². The molecular weight excluding hydrogens is 1860 g/mol. The van der Waals surface area contributed by atoms with Crippen molar-refractivity contribution >= 4 is 145 Å². The van der Waals surface area contributed by atoms with Crippen LogP contribution in [0.25, 0.3) is 20.9 Å². The van der Waals surface area contributed by atoms with E-state index in [0.29, 0.717) is 134 Å². The topological polar surface area (TPSA) is 392 Å². The van der Waals surface area contributed by atoms with Gasteiger partial charge in [0.15, 0.2) is 25.1 Å². The standard InChI is InChI=1S/C20H17NO6S3.C11H13BrO2.2C11H13NO5.C9H6OS3.C7H6O2.C4H8Br2.Ag.HNO3/c22-20(27-15-9-7-14(8-10-15)18-13-19(28)30-29-18)16-5-1-2-6-17(16)25-11-3-4-12-26-21(23)24;12-7-3-4-8-14-11-6-2-1-5-10(11)9-13;2*13-9-10-5-1-2-6-11(10)16-7-3-4-8-17-12(14)15;10-7-3-1-6(2-4-7)8-5-9(11)13-12-8;8-5-6-3-1-2-4-7(6)9;5-3-1-2-4-6;;2-1(3)4/h1-2,5-10,13H,3-4,11-12H2;1-2,5-6,9H,3-4,7-8H2;2*1-2,5-6,9H,3-4,7-8H2;1-5,10H;1-5,9H;1-4H2;;(H,2,3,4). The zero-order valence-corrected chi connectivity index (χ0v) is 70.0. The Morgan fingerprint density at radius 2 is 0.703 bits per heavy atom. The normalized spacial score (nSPS) is 9.61. The summed E-state index contributed by atoms with van der Waals surface area (Å²) in [6.07, 6.45) is 10.9. The molecule has 9 rings (SSSR count). The molecule has 2 aromatic heterocycles. The Morgan fingerprint density at radius 3 is 1.03 bits per heavy atom. The van der Waals surface area contributed by atoms with E-state index in [9.17, 15) is 54.3 Å². The monoisotopic (exact) mass is 1930 g/mol. The molecule has 3 N–H and O–H groups in total. The van der Waals surface area contributed by atoms with Gasteiger partial charge >= 0.3 is 5.97 Å². The zero-order chi connectivity index (χ0) is 80.9. The molecule has 601 valence electrons. The fourth-order valence-corrected chi connectivity index (χ4v) is 13.8. The summed E-state index contributed by atoms with van der Waals surface area (Å²) in [6, 6.07) is 52.6. The minimum Gasteiger partial charge on any atom is -0.508 e. The average molecular weight is 1930 g/mol. The van der Waals surface area contributed by atoms with Crippen LogP contribution in [-0.2, 0) is 36.9 Å². The van der Waals surface area contributed by atoms with E-state index in [0.717, 1.165) is 76.2 Å². The van der Waals surface area contributed by atoms with Crippen molar-refractivity contribution < 1.29 is 120 Å². The summed E-state index contributed by atoms with van der Waals surface area (Å²) >= 11 is 20.2. The molecule has 0 spiro atoms. The number of phenols is 2. The molecule has 9 aromatic rings. The summed E-state index contributed by atoms with van der Waals surface area (Å²) < 4.78 is 29.1. The van der Waals surface area contributed by atoms with Crippen molar-refractivity contribution in [3.8, 4) is 61.1 Å². The van der Waals surface area contributed by atoms with Crippen molar-refractivity contribution in [2.24, 2.45) is 0 Å². The molecule has 0 atom stereocenters. The first kappa shape index (κ1) is 100. The fraction of sp³-hybridized carbons (Fsp3) is 0.274. The van der Waals surface area contributed by atoms with Crippen LogP contribution < -0.4 is 23.7 Å². The molecule has 0 aliphatic carbocycles. The Labute approximate surface area is 704 Å². The third-order valence-corrected chi connectivity index (χ3v) is 20.5. The van der Waals surface area contributed by atoms with Gasteiger partial charge < -0.3 is 53.6 Å². The summed E-state index contributed by atoms with van der Waals surface area (Å²) in [7, 11) is 6.41. The average Bonchev–Trinajstić information content (AvgIpc) is 1.77. The van der Waals surface area contributed by atoms with Crippen LogP contribution >= 0.6 is 114 Å². The van der Waals surface area contributed by atoms with Gasteiger partial charge in [-0.25, -0.2) is 4.79 Å². The molecule has 7 aromatic carbocycles. The number of esters is 1. The predicted octanol–water partition coefficient (Wildman–Crippen LogP) is 19.9. The van der Waals surface area contributed by atoms with Gasteiger partial charge in [-0.1, -0.05) is 174 Å². The number of benzene rings is 7. The maximum absolute atomic E-state index is 12.6. The molecule has 111 heavy (non-hydrogen) atoms. The number of nitrogens with zero attached hydrogens (tertiary/aromatic N) is 4. The second kappa shape index (κ2) is 63.6. The number of hydrogen-bond acceptors (Lipinski definition) is 29. The number of aldehydes is 4. The Balaban J connectivity index is 0.000000670. The quantitative estimate of drug-likeness (QED) is 0.00311. The number of aromatic hydroxyl groups is 2. The summed E-state index contributed by atoms with van der Waals surface area (Å²) in [6.45, 7) is 1.88. The van der Waals surface area contributed by atoms with E-state index in [4.69, 9.17) is 73.7 Å². The molecule has 0 bridgehead atoms. The number of carbonyl (C=O) groups is 5. The first-order valence-corrected chi connectivity index (χ1v) is 41.2. The minimum absolute atomic E-state index is 0. The van der Waals surface area contributed by atoms with Crippen molar-refractivity contribution in [2.75, 3.05) is 62.2 Å². The smallest absolute Gasteiger partial charge is 0.347 e. The van der Waals surface area contributed by atoms with Gasteiger partial charge in [0.25, 0.3) is 20.3 Å². The molecule has 1 radical (unpaired) electrons. The van der Waals surface area contributed by atoms with Gasteiger partial charge in [-0.2, -0.15) is 0 Å². The number of ether oxygens (including phenoxy) is 5. The van der Waals surface area contributed by atoms with E-state index in [1.807, 2.05) is 54.6 Å². The van der Waals surface area contributed by atoms with Crippen LogP contribution in [0.2, 0.25) is 0 Å². The van der Waals surface area contributed by atoms with Crippen LogP contribution in [0, 0.1) is 48.1 Å². The van der Waals surface area contributed by atoms with Crippen molar-refractivity contribution in [3.05, 3.63) is 258 Å². The van der Waals surface area contributed by atoms with Crippen LogP contribution in [0.15, 0.2) is 182 Å². The van der Waals surface area contributed by atoms with E-state index in [2.05, 4.69) is 62.3 Å². The molecule has 0 fully saturated rings. The number of halogens is 3. The van der Waals surface area contributed by atoms with Gasteiger partial charge in [0.2, 0.25) is 0 Å². The predicted molar refractivity (Wildman–Crippen MR) is 436 cm³/mol. The maximum atomic E-state index is 12.6. The van der Waals surface area contributed by atoms with Crippen LogP contribution in [0.5, 0.6) is 40.2 Å². The summed E-state index contributed by atoms with van der Waals surface area (Å²) in [5, 5.41) is 62.2. The van der Waals surface area contributed by atoms with Crippen LogP contribution in [0.3, 0.4) is 0 Å². The maximum Gasteiger partial charge on any atom is 0.347 e. The first-order chi connectivity index (χ1) is 53.1. The minimum atomic E-state index is -1.50. The molecule has 0 saturated carbocycles. The second-order valence-corrected chi connectivity index (χ2v) is 29.2. The Morgan fingerprint density at radius 1 is 0.405 bits per heavy atom. The van der Waals surface area contributed by atoms with E-state index in [-0.39, 0.29) is 48.0 Å². The van der Waals surface area contributed by atoms with Crippen molar-refractivity contribution in [3.63, 3.8) is 0 Å². The van der Waals surface area contributed by atoms with Gasteiger partial charge in [-0.15, -0.1) is 40.5 Å². The van der Waals surface area contributed by atoms with Gasteiger partial charge in [0, 0.05) is 48.1 Å². The molecular formula is C73H77AgBr3N4O24S6. The molecule has 28 nitrogen and oxygen atoms in total.